The zero-order chi connectivity index (χ0) is 20.0. The third-order valence-corrected chi connectivity index (χ3v) is 5.62. The highest BCUT2D eigenvalue weighted by Gasteiger charge is 2.25. The summed E-state index contributed by atoms with van der Waals surface area (Å²) < 4.78 is 34.5. The summed E-state index contributed by atoms with van der Waals surface area (Å²) in [4.78, 5) is 24.5. The van der Waals surface area contributed by atoms with E-state index in [-0.39, 0.29) is 16.2 Å². The van der Waals surface area contributed by atoms with E-state index < -0.39 is 27.8 Å². The largest absolute Gasteiger partial charge is 0.497 e. The molecule has 1 amide bonds. The fourth-order valence-electron chi connectivity index (χ4n) is 2.26. The third-order valence-electron chi connectivity index (χ3n) is 3.83. The van der Waals surface area contributed by atoms with Crippen LogP contribution in [0.25, 0.3) is 0 Å². The summed E-state index contributed by atoms with van der Waals surface area (Å²) >= 11 is 0. The van der Waals surface area contributed by atoms with Crippen LogP contribution in [0.4, 0.5) is 5.69 Å². The maximum atomic E-state index is 12.4. The molecule has 2 rings (SSSR count). The normalized spacial score (nSPS) is 12.1. The van der Waals surface area contributed by atoms with Crippen LogP contribution in [0.2, 0.25) is 0 Å². The van der Waals surface area contributed by atoms with Crippen LogP contribution in [0.15, 0.2) is 53.4 Å². The molecule has 1 N–H and O–H groups in total. The Hall–Kier alpha value is -2.87. The van der Waals surface area contributed by atoms with E-state index in [4.69, 9.17) is 9.47 Å². The molecule has 0 bridgehead atoms. The Morgan fingerprint density at radius 2 is 1.70 bits per heavy atom. The smallest absolute Gasteiger partial charge is 0.340 e. The molecule has 0 spiro atoms. The molecule has 2 aromatic rings. The Morgan fingerprint density at radius 3 is 2.30 bits per heavy atom. The molecule has 8 heteroatoms. The Labute approximate surface area is 158 Å². The highest BCUT2D eigenvalue weighted by molar-refractivity contribution is 7.91. The van der Waals surface area contributed by atoms with Gasteiger partial charge in [-0.1, -0.05) is 19.1 Å². The van der Waals surface area contributed by atoms with Gasteiger partial charge in [-0.2, -0.15) is 0 Å². The Kier molecular flexibility index (Phi) is 6.57. The van der Waals surface area contributed by atoms with Crippen LogP contribution in [0.5, 0.6) is 5.75 Å². The molecule has 0 radical (unpaired) electrons. The van der Waals surface area contributed by atoms with Gasteiger partial charge in [0.25, 0.3) is 5.91 Å². The van der Waals surface area contributed by atoms with E-state index in [1.54, 1.807) is 24.3 Å². The Morgan fingerprint density at radius 1 is 1.07 bits per heavy atom. The lowest BCUT2D eigenvalue weighted by Crippen LogP contribution is -2.30. The number of sulfone groups is 1. The summed E-state index contributed by atoms with van der Waals surface area (Å²) in [5.41, 5.74) is 0.418. The predicted octanol–water partition coefficient (Wildman–Crippen LogP) is 2.67. The van der Waals surface area contributed by atoms with Gasteiger partial charge in [0.2, 0.25) is 0 Å². The molecule has 0 heterocycles. The second kappa shape index (κ2) is 8.68. The first-order valence-electron chi connectivity index (χ1n) is 8.26. The van der Waals surface area contributed by atoms with Crippen LogP contribution in [-0.4, -0.2) is 39.3 Å². The van der Waals surface area contributed by atoms with Crippen molar-refractivity contribution < 1.29 is 27.5 Å². The summed E-state index contributed by atoms with van der Waals surface area (Å²) in [6.45, 7) is 2.90. The van der Waals surface area contributed by atoms with Gasteiger partial charge < -0.3 is 14.8 Å². The van der Waals surface area contributed by atoms with Crippen LogP contribution in [0.1, 0.15) is 24.2 Å². The second-order valence-corrected chi connectivity index (χ2v) is 7.91. The molecule has 0 fully saturated rings. The molecule has 0 saturated heterocycles. The summed E-state index contributed by atoms with van der Waals surface area (Å²) in [5, 5.41) is 2.62. The number of methoxy groups -OCH3 is 1. The number of rotatable bonds is 7. The molecule has 0 aliphatic rings. The zero-order valence-electron chi connectivity index (χ0n) is 15.3. The minimum Gasteiger partial charge on any atom is -0.497 e. The molecule has 144 valence electrons. The van der Waals surface area contributed by atoms with Gasteiger partial charge in [0.15, 0.2) is 15.9 Å². The first kappa shape index (κ1) is 20.4. The van der Waals surface area contributed by atoms with E-state index in [2.05, 4.69) is 5.32 Å². The van der Waals surface area contributed by atoms with Crippen LogP contribution >= 0.6 is 0 Å². The molecular formula is C19H21NO6S. The van der Waals surface area contributed by atoms with Crippen molar-refractivity contribution in [3.8, 4) is 5.75 Å². The van der Waals surface area contributed by atoms with Gasteiger partial charge in [-0.05, 0) is 43.3 Å². The van der Waals surface area contributed by atoms with Crippen molar-refractivity contribution in [3.05, 3.63) is 54.1 Å². The first-order chi connectivity index (χ1) is 12.8. The Balaban J connectivity index is 2.10. The topological polar surface area (TPSA) is 98.8 Å². The van der Waals surface area contributed by atoms with Crippen molar-refractivity contribution in [1.82, 2.24) is 0 Å². The molecule has 0 aromatic heterocycles. The number of amides is 1. The average molecular weight is 391 g/mol. The average Bonchev–Trinajstić information content (AvgIpc) is 2.68. The number of anilines is 1. The minimum atomic E-state index is -3.60. The van der Waals surface area contributed by atoms with E-state index >= 15 is 0 Å². The number of nitrogens with one attached hydrogen (secondary N) is 1. The number of hydrogen-bond acceptors (Lipinski definition) is 6. The van der Waals surface area contributed by atoms with Crippen molar-refractivity contribution in [2.24, 2.45) is 0 Å². The van der Waals surface area contributed by atoms with Gasteiger partial charge in [-0.15, -0.1) is 0 Å². The van der Waals surface area contributed by atoms with E-state index in [1.807, 2.05) is 0 Å². The lowest BCUT2D eigenvalue weighted by atomic mass is 10.2. The second-order valence-electron chi connectivity index (χ2n) is 5.66. The number of ether oxygens (including phenoxy) is 2. The van der Waals surface area contributed by atoms with E-state index in [9.17, 15) is 18.0 Å². The number of benzene rings is 2. The summed E-state index contributed by atoms with van der Waals surface area (Å²) in [7, 11) is -2.06. The molecule has 0 aliphatic heterocycles. The van der Waals surface area contributed by atoms with Crippen molar-refractivity contribution in [2.75, 3.05) is 18.2 Å². The maximum Gasteiger partial charge on any atom is 0.340 e. The summed E-state index contributed by atoms with van der Waals surface area (Å²) in [6, 6.07) is 12.4. The molecule has 27 heavy (non-hydrogen) atoms. The first-order valence-corrected chi connectivity index (χ1v) is 9.91. The monoisotopic (exact) mass is 391 g/mol. The van der Waals surface area contributed by atoms with Gasteiger partial charge >= 0.3 is 5.97 Å². The molecule has 1 atom stereocenters. The SMILES string of the molecule is CCS(=O)(=O)c1ccccc1C(=O)O[C@@H](C)C(=O)Nc1ccc(OC)cc1. The zero-order valence-corrected chi connectivity index (χ0v) is 16.1. The highest BCUT2D eigenvalue weighted by Crippen LogP contribution is 2.19. The number of hydrogen-bond donors (Lipinski definition) is 1. The maximum absolute atomic E-state index is 12.4. The van der Waals surface area contributed by atoms with Crippen molar-refractivity contribution >= 4 is 27.4 Å². The van der Waals surface area contributed by atoms with Crippen molar-refractivity contribution in [2.45, 2.75) is 24.8 Å². The van der Waals surface area contributed by atoms with Crippen molar-refractivity contribution in [3.63, 3.8) is 0 Å². The van der Waals surface area contributed by atoms with Crippen LogP contribution in [-0.2, 0) is 19.4 Å². The lowest BCUT2D eigenvalue weighted by Gasteiger charge is -2.15. The quantitative estimate of drug-likeness (QED) is 0.729. The fraction of sp³-hybridized carbons (Fsp3) is 0.263. The molecule has 7 nitrogen and oxygen atoms in total. The van der Waals surface area contributed by atoms with Crippen LogP contribution in [0, 0.1) is 0 Å². The number of esters is 1. The van der Waals surface area contributed by atoms with Crippen LogP contribution in [0.3, 0.4) is 0 Å². The van der Waals surface area contributed by atoms with Gasteiger partial charge in [-0.3, -0.25) is 4.79 Å². The van der Waals surface area contributed by atoms with E-state index in [0.717, 1.165) is 0 Å². The lowest BCUT2D eigenvalue weighted by molar-refractivity contribution is -0.123. The van der Waals surface area contributed by atoms with Gasteiger partial charge in [-0.25, -0.2) is 13.2 Å². The third kappa shape index (κ3) is 5.07. The van der Waals surface area contributed by atoms with E-state index in [1.165, 1.54) is 45.2 Å². The van der Waals surface area contributed by atoms with Gasteiger partial charge in [0.05, 0.1) is 23.3 Å². The van der Waals surface area contributed by atoms with Crippen LogP contribution < -0.4 is 10.1 Å². The van der Waals surface area contributed by atoms with Crippen molar-refractivity contribution in [1.29, 1.82) is 0 Å². The molecule has 0 unspecified atom stereocenters. The fourth-order valence-corrected chi connectivity index (χ4v) is 3.34. The minimum absolute atomic E-state index is 0.0940. The number of carbonyl (C=O) groups excluding carboxylic acids is 2. The molecule has 0 aliphatic carbocycles. The van der Waals surface area contributed by atoms with Gasteiger partial charge in [0, 0.05) is 5.69 Å². The van der Waals surface area contributed by atoms with Gasteiger partial charge in [0.1, 0.15) is 5.75 Å². The molecule has 0 saturated carbocycles. The molecule has 2 aromatic carbocycles. The standard InChI is InChI=1S/C19H21NO6S/c1-4-27(23,24)17-8-6-5-7-16(17)19(22)26-13(2)18(21)20-14-9-11-15(25-3)12-10-14/h5-13H,4H2,1-3H3,(H,20,21)/t13-/m0/s1. The summed E-state index contributed by atoms with van der Waals surface area (Å²) in [6.07, 6.45) is -1.11. The number of carbonyl (C=O) groups is 2. The Bertz CT molecular complexity index is 921. The highest BCUT2D eigenvalue weighted by atomic mass is 32.2. The van der Waals surface area contributed by atoms with E-state index in [0.29, 0.717) is 11.4 Å². The predicted molar refractivity (Wildman–Crippen MR) is 101 cm³/mol. The summed E-state index contributed by atoms with van der Waals surface area (Å²) in [5.74, 6) is -0.921. The molecular weight excluding hydrogens is 370 g/mol.